The number of phenols is 2. The molecule has 11 heteroatoms. The first-order valence-electron chi connectivity index (χ1n) is 16.5. The van der Waals surface area contributed by atoms with Crippen molar-refractivity contribution in [2.75, 3.05) is 18.5 Å². The van der Waals surface area contributed by atoms with Gasteiger partial charge in [0.05, 0.1) is 10.6 Å². The predicted molar refractivity (Wildman–Crippen MR) is 205 cm³/mol. The summed E-state index contributed by atoms with van der Waals surface area (Å²) in [5.41, 5.74) is 3.89. The van der Waals surface area contributed by atoms with E-state index in [2.05, 4.69) is 10.6 Å². The van der Waals surface area contributed by atoms with E-state index in [1.165, 1.54) is 36.4 Å². The van der Waals surface area contributed by atoms with Gasteiger partial charge in [0.25, 0.3) is 5.91 Å². The Bertz CT molecular complexity index is 2330. The number of carboxylic acid groups (broad SMARTS) is 1. The zero-order valence-electron chi connectivity index (χ0n) is 27.8. The molecule has 4 aromatic rings. The normalized spacial score (nSPS) is 11.2. The van der Waals surface area contributed by atoms with E-state index in [-0.39, 0.29) is 46.5 Å². The lowest BCUT2D eigenvalue weighted by Gasteiger charge is -2.18. The average Bonchev–Trinajstić information content (AvgIpc) is 3.13. The molecule has 1 aliphatic heterocycles. The Balaban J connectivity index is 1.02. The number of unbranched alkanes of at least 4 members (excludes halogenated alkanes) is 1. The number of carbonyl (C=O) groups is 2. The fraction of sp³-hybridized carbons (Fsp3) is 0.122. The summed E-state index contributed by atoms with van der Waals surface area (Å²) in [5.74, 6) is -1.11. The van der Waals surface area contributed by atoms with Gasteiger partial charge in [0.15, 0.2) is 23.5 Å². The molecule has 0 atom stereocenters. The van der Waals surface area contributed by atoms with Crippen LogP contribution in [0.2, 0.25) is 0 Å². The van der Waals surface area contributed by atoms with E-state index < -0.39 is 5.97 Å². The number of hydrogen-bond donors (Lipinski definition) is 5. The quantitative estimate of drug-likeness (QED) is 0.0344. The van der Waals surface area contributed by atoms with Gasteiger partial charge >= 0.3 is 5.97 Å². The number of ether oxygens (including phenoxy) is 1. The Morgan fingerprint density at radius 1 is 0.827 bits per heavy atom. The molecule has 4 aromatic carbocycles. The van der Waals surface area contributed by atoms with Gasteiger partial charge in [-0.1, -0.05) is 66.8 Å². The minimum atomic E-state index is -1.16. The maximum atomic E-state index is 12.5. The molecule has 0 fully saturated rings. The predicted octanol–water partition coefficient (Wildman–Crippen LogP) is 7.95. The second-order valence-corrected chi connectivity index (χ2v) is 12.5. The van der Waals surface area contributed by atoms with Gasteiger partial charge in [0, 0.05) is 40.9 Å². The Morgan fingerprint density at radius 3 is 2.42 bits per heavy atom. The molecule has 0 aromatic heterocycles. The van der Waals surface area contributed by atoms with E-state index in [0.717, 1.165) is 11.1 Å². The summed E-state index contributed by atoms with van der Waals surface area (Å²) in [4.78, 5) is 37.5. The van der Waals surface area contributed by atoms with Crippen LogP contribution in [0.15, 0.2) is 112 Å². The molecular weight excluding hydrogens is 681 g/mol. The first-order chi connectivity index (χ1) is 25.1. The van der Waals surface area contributed by atoms with Crippen LogP contribution in [0, 0.1) is 0 Å². The summed E-state index contributed by atoms with van der Waals surface area (Å²) in [5, 5.41) is 36.9. The molecule has 0 bridgehead atoms. The summed E-state index contributed by atoms with van der Waals surface area (Å²) >= 11 is 5.53. The van der Waals surface area contributed by atoms with Crippen molar-refractivity contribution < 1.29 is 34.1 Å². The van der Waals surface area contributed by atoms with Crippen molar-refractivity contribution in [1.29, 1.82) is 0 Å². The van der Waals surface area contributed by atoms with E-state index in [9.17, 15) is 29.7 Å². The summed E-state index contributed by atoms with van der Waals surface area (Å²) in [6.45, 7) is 0.137. The number of hydrogen-bond acceptors (Lipinski definition) is 8. The Kier molecular flexibility index (Phi) is 10.9. The third-order valence-electron chi connectivity index (χ3n) is 8.24. The van der Waals surface area contributed by atoms with E-state index in [0.29, 0.717) is 64.1 Å². The van der Waals surface area contributed by atoms with Crippen molar-refractivity contribution in [2.45, 2.75) is 19.3 Å². The van der Waals surface area contributed by atoms with E-state index in [1.54, 1.807) is 36.4 Å². The SMILES string of the molecule is O=C(COc1cc(/C=C/c2ccccc2)ccc1O)NCCCCC(=S)Nc1ccc(-c2c3ccc(=O)cc-3oc3cc(O)ccc23)c(C(=O)O)c1. The van der Waals surface area contributed by atoms with Gasteiger partial charge < -0.3 is 35.1 Å². The van der Waals surface area contributed by atoms with Gasteiger partial charge in [-0.3, -0.25) is 9.59 Å². The summed E-state index contributed by atoms with van der Waals surface area (Å²) in [7, 11) is 0. The first-order valence-corrected chi connectivity index (χ1v) is 16.9. The molecule has 2 aliphatic rings. The summed E-state index contributed by atoms with van der Waals surface area (Å²) < 4.78 is 11.5. The van der Waals surface area contributed by atoms with Gasteiger partial charge in [-0.15, -0.1) is 0 Å². The number of fused-ring (bicyclic) bond motifs is 2. The number of carbonyl (C=O) groups excluding carboxylic acids is 1. The second-order valence-electron chi connectivity index (χ2n) is 12.0. The van der Waals surface area contributed by atoms with E-state index in [1.807, 2.05) is 42.5 Å². The number of benzene rings is 5. The highest BCUT2D eigenvalue weighted by Crippen LogP contribution is 2.42. The van der Waals surface area contributed by atoms with Crippen LogP contribution in [-0.2, 0) is 4.79 Å². The van der Waals surface area contributed by atoms with Gasteiger partial charge in [-0.25, -0.2) is 4.79 Å². The Hall–Kier alpha value is -6.46. The van der Waals surface area contributed by atoms with Crippen LogP contribution in [-0.4, -0.2) is 45.3 Å². The number of anilines is 1. The maximum Gasteiger partial charge on any atom is 0.336 e. The topological polar surface area (TPSA) is 158 Å². The van der Waals surface area contributed by atoms with E-state index in [4.69, 9.17) is 21.4 Å². The molecule has 0 saturated heterocycles. The van der Waals surface area contributed by atoms with Crippen molar-refractivity contribution in [3.63, 3.8) is 0 Å². The monoisotopic (exact) mass is 714 g/mol. The highest BCUT2D eigenvalue weighted by atomic mass is 32.1. The minimum absolute atomic E-state index is 0.00880. The van der Waals surface area contributed by atoms with Gasteiger partial charge in [-0.2, -0.15) is 0 Å². The van der Waals surface area contributed by atoms with Crippen LogP contribution >= 0.6 is 12.2 Å². The minimum Gasteiger partial charge on any atom is -0.508 e. The lowest BCUT2D eigenvalue weighted by Crippen LogP contribution is -2.29. The lowest BCUT2D eigenvalue weighted by atomic mass is 9.90. The molecular formula is C41H34N2O8S. The highest BCUT2D eigenvalue weighted by molar-refractivity contribution is 7.80. The molecule has 0 saturated carbocycles. The molecule has 52 heavy (non-hydrogen) atoms. The Morgan fingerprint density at radius 2 is 1.62 bits per heavy atom. The molecule has 1 aliphatic carbocycles. The number of nitrogens with one attached hydrogen (secondary N) is 2. The van der Waals surface area contributed by atoms with Gasteiger partial charge in [0.2, 0.25) is 0 Å². The Labute approximate surface area is 304 Å². The first kappa shape index (κ1) is 35.4. The zero-order chi connectivity index (χ0) is 36.6. The number of carboxylic acids is 1. The molecule has 1 heterocycles. The van der Waals surface area contributed by atoms with Crippen LogP contribution in [0.5, 0.6) is 17.2 Å². The molecule has 6 rings (SSSR count). The molecule has 0 unspecified atom stereocenters. The van der Waals surface area contributed by atoms with Crippen molar-refractivity contribution in [3.05, 3.63) is 130 Å². The number of phenolic OH excluding ortho intramolecular Hbond substituents is 2. The third kappa shape index (κ3) is 8.63. The van der Waals surface area contributed by atoms with E-state index >= 15 is 0 Å². The van der Waals surface area contributed by atoms with Crippen LogP contribution in [0.1, 0.15) is 40.7 Å². The maximum absolute atomic E-state index is 12.5. The fourth-order valence-electron chi connectivity index (χ4n) is 5.73. The second kappa shape index (κ2) is 16.0. The molecule has 10 nitrogen and oxygen atoms in total. The molecule has 0 radical (unpaired) electrons. The molecule has 5 N–H and O–H groups in total. The number of thiocarbonyl (C=S) groups is 1. The van der Waals surface area contributed by atoms with Crippen LogP contribution in [0.3, 0.4) is 0 Å². The van der Waals surface area contributed by atoms with Crippen LogP contribution < -0.4 is 20.8 Å². The molecule has 0 spiro atoms. The average molecular weight is 715 g/mol. The number of rotatable bonds is 13. The molecule has 262 valence electrons. The largest absolute Gasteiger partial charge is 0.508 e. The van der Waals surface area contributed by atoms with Crippen LogP contribution in [0.4, 0.5) is 5.69 Å². The summed E-state index contributed by atoms with van der Waals surface area (Å²) in [6, 6.07) is 28.5. The fourth-order valence-corrected chi connectivity index (χ4v) is 5.99. The highest BCUT2D eigenvalue weighted by Gasteiger charge is 2.22. The number of aromatic carboxylic acids is 1. The molecule has 1 amide bonds. The standard InChI is InChI=1S/C41H34N2O8S/c44-28-13-16-31-35(22-28)51-36-23-29(45)14-17-32(36)40(31)30-15-12-27(21-33(30)41(48)49)43-39(52)8-4-5-19-42-38(47)24-50-37-20-26(11-18-34(37)46)10-9-25-6-2-1-3-7-25/h1-3,6-7,9-18,20-23,44,46H,4-5,8,19,24H2,(H,42,47)(H,43,52)(H,48,49)/b10-9+. The third-order valence-corrected chi connectivity index (χ3v) is 8.55. The number of amides is 1. The van der Waals surface area contributed by atoms with Crippen molar-refractivity contribution in [2.24, 2.45) is 0 Å². The summed E-state index contributed by atoms with van der Waals surface area (Å²) in [6.07, 6.45) is 5.63. The smallest absolute Gasteiger partial charge is 0.336 e. The van der Waals surface area contributed by atoms with Crippen molar-refractivity contribution in [3.8, 4) is 39.7 Å². The van der Waals surface area contributed by atoms with Crippen molar-refractivity contribution >= 4 is 57.9 Å². The number of aromatic hydroxyl groups is 2. The zero-order valence-corrected chi connectivity index (χ0v) is 28.6. The van der Waals surface area contributed by atoms with Gasteiger partial charge in [0.1, 0.15) is 17.1 Å². The van der Waals surface area contributed by atoms with Crippen molar-refractivity contribution in [1.82, 2.24) is 5.32 Å². The van der Waals surface area contributed by atoms with Gasteiger partial charge in [-0.05, 0) is 84.5 Å². The van der Waals surface area contributed by atoms with Crippen LogP contribution in [0.25, 0.3) is 45.6 Å². The lowest BCUT2D eigenvalue weighted by molar-refractivity contribution is -0.123.